The van der Waals surface area contributed by atoms with Crippen molar-refractivity contribution in [2.75, 3.05) is 13.7 Å². The van der Waals surface area contributed by atoms with Crippen LogP contribution in [-0.2, 0) is 4.79 Å². The summed E-state index contributed by atoms with van der Waals surface area (Å²) in [6.07, 6.45) is 9.44. The highest BCUT2D eigenvalue weighted by molar-refractivity contribution is 5.91. The van der Waals surface area contributed by atoms with Crippen LogP contribution >= 0.6 is 0 Å². The van der Waals surface area contributed by atoms with Gasteiger partial charge in [0.25, 0.3) is 0 Å². The summed E-state index contributed by atoms with van der Waals surface area (Å²) >= 11 is 0. The Kier molecular flexibility index (Phi) is 8.41. The summed E-state index contributed by atoms with van der Waals surface area (Å²) in [6, 6.07) is 4.93. The van der Waals surface area contributed by atoms with Crippen LogP contribution in [0.2, 0.25) is 0 Å². The molecule has 0 aliphatic heterocycles. The molecule has 0 spiro atoms. The molecule has 4 heteroatoms. The zero-order valence-corrected chi connectivity index (χ0v) is 14.9. The summed E-state index contributed by atoms with van der Waals surface area (Å²) in [7, 11) is 1.49. The number of aromatic hydroxyl groups is 1. The number of hydrogen-bond acceptors (Lipinski definition) is 3. The number of methoxy groups -OCH3 is 1. The van der Waals surface area contributed by atoms with Gasteiger partial charge in [-0.25, -0.2) is 0 Å². The standard InChI is InChI=1S/C20H27NO3/c1-15(2)6-5-7-16(3)12-13-21-20(23)11-9-17-8-10-18(22)19(14-17)24-4/h6,8-12,14,22H,5,7,13H2,1-4H3,(H,21,23)/b11-9?,16-12+. The zero-order chi connectivity index (χ0) is 17.9. The number of rotatable bonds is 8. The van der Waals surface area contributed by atoms with Crippen molar-refractivity contribution in [2.24, 2.45) is 0 Å². The van der Waals surface area contributed by atoms with Crippen LogP contribution < -0.4 is 10.1 Å². The Morgan fingerprint density at radius 2 is 2.00 bits per heavy atom. The maximum atomic E-state index is 11.8. The van der Waals surface area contributed by atoms with Gasteiger partial charge >= 0.3 is 0 Å². The van der Waals surface area contributed by atoms with Gasteiger partial charge in [0, 0.05) is 12.6 Å². The Labute approximate surface area is 144 Å². The first-order chi connectivity index (χ1) is 11.4. The lowest BCUT2D eigenvalue weighted by Crippen LogP contribution is -2.20. The average Bonchev–Trinajstić information content (AvgIpc) is 2.53. The SMILES string of the molecule is COc1cc(C=CC(=O)NC/C=C(\C)CCC=C(C)C)ccc1O. The van der Waals surface area contributed by atoms with E-state index in [1.54, 1.807) is 18.2 Å². The molecular weight excluding hydrogens is 302 g/mol. The van der Waals surface area contributed by atoms with Crippen molar-refractivity contribution < 1.29 is 14.6 Å². The van der Waals surface area contributed by atoms with E-state index < -0.39 is 0 Å². The Balaban J connectivity index is 2.44. The molecule has 0 aliphatic carbocycles. The summed E-state index contributed by atoms with van der Waals surface area (Å²) in [4.78, 5) is 11.8. The molecule has 0 saturated heterocycles. The quantitative estimate of drug-likeness (QED) is 0.554. The third kappa shape index (κ3) is 7.68. The van der Waals surface area contributed by atoms with Gasteiger partial charge in [-0.05, 0) is 57.4 Å². The topological polar surface area (TPSA) is 58.6 Å². The van der Waals surface area contributed by atoms with Crippen molar-refractivity contribution in [3.8, 4) is 11.5 Å². The van der Waals surface area contributed by atoms with E-state index in [0.29, 0.717) is 12.3 Å². The number of amides is 1. The van der Waals surface area contributed by atoms with E-state index in [1.165, 1.54) is 30.4 Å². The van der Waals surface area contributed by atoms with Gasteiger partial charge in [-0.15, -0.1) is 0 Å². The third-order valence-electron chi connectivity index (χ3n) is 3.45. The summed E-state index contributed by atoms with van der Waals surface area (Å²) in [5.41, 5.74) is 3.38. The van der Waals surface area contributed by atoms with Crippen molar-refractivity contribution in [3.05, 3.63) is 53.1 Å². The fourth-order valence-corrected chi connectivity index (χ4v) is 2.05. The van der Waals surface area contributed by atoms with E-state index >= 15 is 0 Å². The molecule has 0 unspecified atom stereocenters. The number of ether oxygens (including phenoxy) is 1. The Hall–Kier alpha value is -2.49. The van der Waals surface area contributed by atoms with Gasteiger partial charge in [0.05, 0.1) is 7.11 Å². The highest BCUT2D eigenvalue weighted by Gasteiger charge is 2.01. The molecule has 1 amide bonds. The number of benzene rings is 1. The van der Waals surface area contributed by atoms with Crippen LogP contribution in [0.3, 0.4) is 0 Å². The van der Waals surface area contributed by atoms with Gasteiger partial charge in [0.15, 0.2) is 11.5 Å². The summed E-state index contributed by atoms with van der Waals surface area (Å²) < 4.78 is 5.03. The average molecular weight is 329 g/mol. The predicted molar refractivity (Wildman–Crippen MR) is 99.1 cm³/mol. The Morgan fingerprint density at radius 1 is 1.25 bits per heavy atom. The summed E-state index contributed by atoms with van der Waals surface area (Å²) in [5, 5.41) is 12.4. The van der Waals surface area contributed by atoms with E-state index in [4.69, 9.17) is 4.74 Å². The minimum absolute atomic E-state index is 0.0767. The van der Waals surface area contributed by atoms with Crippen molar-refractivity contribution >= 4 is 12.0 Å². The second-order valence-electron chi connectivity index (χ2n) is 5.88. The largest absolute Gasteiger partial charge is 0.504 e. The van der Waals surface area contributed by atoms with Gasteiger partial charge in [-0.1, -0.05) is 29.4 Å². The van der Waals surface area contributed by atoms with Gasteiger partial charge in [0.1, 0.15) is 0 Å². The number of nitrogens with one attached hydrogen (secondary N) is 1. The van der Waals surface area contributed by atoms with Gasteiger partial charge in [0.2, 0.25) is 5.91 Å². The van der Waals surface area contributed by atoms with Crippen molar-refractivity contribution in [2.45, 2.75) is 33.6 Å². The summed E-state index contributed by atoms with van der Waals surface area (Å²) in [5.74, 6) is 0.302. The van der Waals surface area contributed by atoms with Crippen LogP contribution in [0.5, 0.6) is 11.5 Å². The second kappa shape index (κ2) is 10.3. The number of allylic oxidation sites excluding steroid dienone is 3. The van der Waals surface area contributed by atoms with E-state index in [9.17, 15) is 9.90 Å². The molecule has 0 radical (unpaired) electrons. The molecule has 130 valence electrons. The first-order valence-corrected chi connectivity index (χ1v) is 8.04. The van der Waals surface area contributed by atoms with Crippen molar-refractivity contribution in [1.82, 2.24) is 5.32 Å². The maximum absolute atomic E-state index is 11.8. The van der Waals surface area contributed by atoms with E-state index in [1.807, 2.05) is 6.08 Å². The number of phenolic OH excluding ortho intramolecular Hbond substituents is 1. The number of hydrogen-bond donors (Lipinski definition) is 2. The van der Waals surface area contributed by atoms with Crippen LogP contribution in [-0.4, -0.2) is 24.7 Å². The fraction of sp³-hybridized carbons (Fsp3) is 0.350. The fourth-order valence-electron chi connectivity index (χ4n) is 2.05. The molecule has 0 aromatic heterocycles. The van der Waals surface area contributed by atoms with Gasteiger partial charge in [-0.2, -0.15) is 0 Å². The molecule has 0 fully saturated rings. The smallest absolute Gasteiger partial charge is 0.244 e. The van der Waals surface area contributed by atoms with Crippen LogP contribution in [0.25, 0.3) is 6.08 Å². The molecule has 1 aromatic carbocycles. The molecule has 2 N–H and O–H groups in total. The van der Waals surface area contributed by atoms with Gasteiger partial charge in [-0.3, -0.25) is 4.79 Å². The first-order valence-electron chi connectivity index (χ1n) is 8.04. The Morgan fingerprint density at radius 3 is 2.67 bits per heavy atom. The van der Waals surface area contributed by atoms with Crippen molar-refractivity contribution in [3.63, 3.8) is 0 Å². The van der Waals surface area contributed by atoms with Gasteiger partial charge < -0.3 is 15.2 Å². The number of carbonyl (C=O) groups is 1. The van der Waals surface area contributed by atoms with E-state index in [0.717, 1.165) is 18.4 Å². The first kappa shape index (κ1) is 19.6. The van der Waals surface area contributed by atoms with Crippen LogP contribution in [0.4, 0.5) is 0 Å². The lowest BCUT2D eigenvalue weighted by Gasteiger charge is -2.04. The molecule has 4 nitrogen and oxygen atoms in total. The Bertz CT molecular complexity index is 638. The van der Waals surface area contributed by atoms with Crippen LogP contribution in [0, 0.1) is 0 Å². The minimum Gasteiger partial charge on any atom is -0.504 e. The molecule has 0 bridgehead atoms. The van der Waals surface area contributed by atoms with Crippen molar-refractivity contribution in [1.29, 1.82) is 0 Å². The lowest BCUT2D eigenvalue weighted by atomic mass is 10.1. The molecular formula is C20H27NO3. The minimum atomic E-state index is -0.157. The predicted octanol–water partition coefficient (Wildman–Crippen LogP) is 4.22. The summed E-state index contributed by atoms with van der Waals surface area (Å²) in [6.45, 7) is 6.77. The molecule has 24 heavy (non-hydrogen) atoms. The zero-order valence-electron chi connectivity index (χ0n) is 14.9. The third-order valence-corrected chi connectivity index (χ3v) is 3.45. The molecule has 0 heterocycles. The van der Waals surface area contributed by atoms with Crippen LogP contribution in [0.15, 0.2) is 47.6 Å². The number of phenols is 1. The molecule has 1 aromatic rings. The normalized spacial score (nSPS) is 11.4. The highest BCUT2D eigenvalue weighted by Crippen LogP contribution is 2.26. The monoisotopic (exact) mass is 329 g/mol. The van der Waals surface area contributed by atoms with E-state index in [2.05, 4.69) is 32.2 Å². The molecule has 0 atom stereocenters. The maximum Gasteiger partial charge on any atom is 0.244 e. The van der Waals surface area contributed by atoms with E-state index in [-0.39, 0.29) is 11.7 Å². The highest BCUT2D eigenvalue weighted by atomic mass is 16.5. The lowest BCUT2D eigenvalue weighted by molar-refractivity contribution is -0.116. The second-order valence-corrected chi connectivity index (χ2v) is 5.88. The van der Waals surface area contributed by atoms with Crippen LogP contribution in [0.1, 0.15) is 39.2 Å². The number of carbonyl (C=O) groups excluding carboxylic acids is 1. The molecule has 1 rings (SSSR count). The molecule has 0 aliphatic rings. The molecule has 0 saturated carbocycles.